The molecule has 3 aromatic rings. The van der Waals surface area contributed by atoms with E-state index < -0.39 is 21.5 Å². The molecule has 7 nitrogen and oxygen atoms in total. The van der Waals surface area contributed by atoms with E-state index >= 15 is 0 Å². The number of nitrogens with zero attached hydrogens (tertiary/aromatic N) is 2. The lowest BCUT2D eigenvalue weighted by Gasteiger charge is -2.06. The number of amides is 1. The number of rotatable bonds is 9. The van der Waals surface area contributed by atoms with Crippen molar-refractivity contribution in [3.05, 3.63) is 71.4 Å². The van der Waals surface area contributed by atoms with E-state index in [2.05, 4.69) is 22.2 Å². The lowest BCUT2D eigenvalue weighted by molar-refractivity contribution is -0.118. The number of pyridine rings is 1. The van der Waals surface area contributed by atoms with Gasteiger partial charge in [0.05, 0.1) is 11.4 Å². The fraction of sp³-hybridized carbons (Fsp3) is 0.318. The topological polar surface area (TPSA) is 102 Å². The molecule has 158 valence electrons. The maximum Gasteiger partial charge on any atom is 0.235 e. The maximum absolute atomic E-state index is 12.5. The first kappa shape index (κ1) is 21.7. The summed E-state index contributed by atoms with van der Waals surface area (Å²) >= 11 is 0. The van der Waals surface area contributed by atoms with Gasteiger partial charge in [-0.05, 0) is 49.1 Å². The number of hydrogen-bond donors (Lipinski definition) is 1. The van der Waals surface area contributed by atoms with Gasteiger partial charge in [-0.3, -0.25) is 9.78 Å². The number of oxazole rings is 1. The van der Waals surface area contributed by atoms with E-state index in [4.69, 9.17) is 4.42 Å². The van der Waals surface area contributed by atoms with Crippen molar-refractivity contribution in [1.29, 1.82) is 0 Å². The van der Waals surface area contributed by atoms with Crippen LogP contribution in [-0.2, 0) is 33.2 Å². The summed E-state index contributed by atoms with van der Waals surface area (Å²) in [5.74, 6) is -0.653. The molecule has 30 heavy (non-hydrogen) atoms. The molecular formula is C22H25N3O4S. The van der Waals surface area contributed by atoms with Crippen LogP contribution in [0.25, 0.3) is 11.5 Å². The average molecular weight is 428 g/mol. The summed E-state index contributed by atoms with van der Waals surface area (Å²) in [7, 11) is -3.68. The van der Waals surface area contributed by atoms with Crippen LogP contribution in [0.15, 0.2) is 53.2 Å². The SMILES string of the molecule is CCc1ccc(-c2nc(CS(=O)(=O)CC(=O)NCCc3cccnc3)c(C)o2)cc1. The quantitative estimate of drug-likeness (QED) is 0.563. The van der Waals surface area contributed by atoms with E-state index in [0.717, 1.165) is 17.5 Å². The molecule has 0 saturated heterocycles. The summed E-state index contributed by atoms with van der Waals surface area (Å²) in [5.41, 5.74) is 3.28. The second-order valence-electron chi connectivity index (χ2n) is 7.07. The second-order valence-corrected chi connectivity index (χ2v) is 9.13. The van der Waals surface area contributed by atoms with Gasteiger partial charge in [0, 0.05) is 24.5 Å². The molecule has 0 bridgehead atoms. The van der Waals surface area contributed by atoms with E-state index in [-0.39, 0.29) is 5.75 Å². The van der Waals surface area contributed by atoms with Crippen LogP contribution in [0.2, 0.25) is 0 Å². The smallest absolute Gasteiger partial charge is 0.235 e. The number of aromatic nitrogens is 2. The van der Waals surface area contributed by atoms with Gasteiger partial charge >= 0.3 is 0 Å². The van der Waals surface area contributed by atoms with E-state index in [1.165, 1.54) is 5.56 Å². The fourth-order valence-electron chi connectivity index (χ4n) is 2.97. The van der Waals surface area contributed by atoms with Gasteiger partial charge in [0.2, 0.25) is 11.8 Å². The molecule has 1 amide bonds. The molecule has 1 N–H and O–H groups in total. The van der Waals surface area contributed by atoms with Gasteiger partial charge in [-0.1, -0.05) is 25.1 Å². The van der Waals surface area contributed by atoms with Gasteiger partial charge in [0.15, 0.2) is 9.84 Å². The number of carbonyl (C=O) groups is 1. The number of carbonyl (C=O) groups excluding carboxylic acids is 1. The average Bonchev–Trinajstić information content (AvgIpc) is 3.08. The van der Waals surface area contributed by atoms with Crippen LogP contribution in [0, 0.1) is 6.92 Å². The van der Waals surface area contributed by atoms with Gasteiger partial charge in [-0.15, -0.1) is 0 Å². The van der Waals surface area contributed by atoms with Crippen molar-refractivity contribution in [3.63, 3.8) is 0 Å². The third-order valence-electron chi connectivity index (χ3n) is 4.67. The molecule has 0 radical (unpaired) electrons. The summed E-state index contributed by atoms with van der Waals surface area (Å²) in [6, 6.07) is 11.5. The molecule has 1 aromatic carbocycles. The van der Waals surface area contributed by atoms with Crippen molar-refractivity contribution >= 4 is 15.7 Å². The zero-order valence-corrected chi connectivity index (χ0v) is 17.9. The summed E-state index contributed by atoms with van der Waals surface area (Å²) in [6.07, 6.45) is 4.90. The minimum Gasteiger partial charge on any atom is -0.441 e. The van der Waals surface area contributed by atoms with Crippen molar-refractivity contribution in [2.24, 2.45) is 0 Å². The van der Waals surface area contributed by atoms with Crippen LogP contribution in [0.5, 0.6) is 0 Å². The highest BCUT2D eigenvalue weighted by atomic mass is 32.2. The summed E-state index contributed by atoms with van der Waals surface area (Å²) in [6.45, 7) is 4.10. The number of nitrogens with one attached hydrogen (secondary N) is 1. The predicted octanol–water partition coefficient (Wildman–Crippen LogP) is 2.88. The zero-order valence-electron chi connectivity index (χ0n) is 17.1. The number of sulfone groups is 1. The van der Waals surface area contributed by atoms with Crippen molar-refractivity contribution in [2.75, 3.05) is 12.3 Å². The Labute approximate surface area is 176 Å². The third-order valence-corrected chi connectivity index (χ3v) is 6.08. The van der Waals surface area contributed by atoms with E-state index in [1.807, 2.05) is 36.4 Å². The van der Waals surface area contributed by atoms with Gasteiger partial charge in [0.1, 0.15) is 11.5 Å². The highest BCUT2D eigenvalue weighted by Gasteiger charge is 2.22. The molecule has 2 aromatic heterocycles. The molecule has 0 aliphatic heterocycles. The van der Waals surface area contributed by atoms with Crippen molar-refractivity contribution in [1.82, 2.24) is 15.3 Å². The monoisotopic (exact) mass is 427 g/mol. The minimum absolute atomic E-state index is 0.327. The van der Waals surface area contributed by atoms with Gasteiger partial charge in [-0.25, -0.2) is 13.4 Å². The number of aryl methyl sites for hydroxylation is 2. The summed E-state index contributed by atoms with van der Waals surface area (Å²) in [4.78, 5) is 20.4. The van der Waals surface area contributed by atoms with Crippen LogP contribution >= 0.6 is 0 Å². The van der Waals surface area contributed by atoms with E-state index in [1.54, 1.807) is 19.3 Å². The lowest BCUT2D eigenvalue weighted by Crippen LogP contribution is -2.32. The van der Waals surface area contributed by atoms with E-state index in [0.29, 0.717) is 30.3 Å². The first-order valence-corrected chi connectivity index (χ1v) is 11.6. The molecule has 0 aliphatic rings. The highest BCUT2D eigenvalue weighted by Crippen LogP contribution is 2.23. The molecule has 0 atom stereocenters. The van der Waals surface area contributed by atoms with Crippen LogP contribution in [0.3, 0.4) is 0 Å². The fourth-order valence-corrected chi connectivity index (χ4v) is 4.26. The van der Waals surface area contributed by atoms with Crippen molar-refractivity contribution in [2.45, 2.75) is 32.4 Å². The normalized spacial score (nSPS) is 11.4. The van der Waals surface area contributed by atoms with E-state index in [9.17, 15) is 13.2 Å². The zero-order chi connectivity index (χ0) is 21.6. The second kappa shape index (κ2) is 9.67. The number of hydrogen-bond acceptors (Lipinski definition) is 6. The van der Waals surface area contributed by atoms with Crippen LogP contribution < -0.4 is 5.32 Å². The standard InChI is InChI=1S/C22H25N3O4S/c1-3-17-6-8-19(9-7-17)22-25-20(16(2)29-22)14-30(27,28)15-21(26)24-12-10-18-5-4-11-23-13-18/h4-9,11,13H,3,10,12,14-15H2,1-2H3,(H,24,26). The van der Waals surface area contributed by atoms with Gasteiger partial charge in [-0.2, -0.15) is 0 Å². The predicted molar refractivity (Wildman–Crippen MR) is 114 cm³/mol. The molecule has 0 aliphatic carbocycles. The van der Waals surface area contributed by atoms with Gasteiger partial charge in [0.25, 0.3) is 0 Å². The first-order valence-electron chi connectivity index (χ1n) is 9.78. The Bertz CT molecular complexity index is 1090. The minimum atomic E-state index is -3.68. The van der Waals surface area contributed by atoms with Crippen LogP contribution in [0.4, 0.5) is 0 Å². The first-order chi connectivity index (χ1) is 14.4. The van der Waals surface area contributed by atoms with Gasteiger partial charge < -0.3 is 9.73 Å². The summed E-state index contributed by atoms with van der Waals surface area (Å²) in [5, 5.41) is 2.64. The van der Waals surface area contributed by atoms with Crippen LogP contribution in [-0.4, -0.2) is 36.6 Å². The molecule has 8 heteroatoms. The number of benzene rings is 1. The molecular weight excluding hydrogens is 402 g/mol. The Balaban J connectivity index is 1.57. The largest absolute Gasteiger partial charge is 0.441 e. The van der Waals surface area contributed by atoms with Crippen molar-refractivity contribution < 1.29 is 17.6 Å². The Morgan fingerprint density at radius 1 is 1.13 bits per heavy atom. The Morgan fingerprint density at radius 3 is 2.57 bits per heavy atom. The third kappa shape index (κ3) is 6.00. The molecule has 0 unspecified atom stereocenters. The molecule has 3 rings (SSSR count). The molecule has 2 heterocycles. The highest BCUT2D eigenvalue weighted by molar-refractivity contribution is 7.91. The molecule has 0 spiro atoms. The molecule has 0 saturated carbocycles. The van der Waals surface area contributed by atoms with Crippen molar-refractivity contribution in [3.8, 4) is 11.5 Å². The lowest BCUT2D eigenvalue weighted by atomic mass is 10.1. The maximum atomic E-state index is 12.5. The molecule has 0 fully saturated rings. The summed E-state index contributed by atoms with van der Waals surface area (Å²) < 4.78 is 30.6. The Morgan fingerprint density at radius 2 is 1.90 bits per heavy atom. The van der Waals surface area contributed by atoms with Crippen LogP contribution in [0.1, 0.15) is 29.5 Å². The Hall–Kier alpha value is -3.00. The Kier molecular flexibility index (Phi) is 6.99.